The van der Waals surface area contributed by atoms with Crippen LogP contribution in [0.5, 0.6) is 0 Å². The first kappa shape index (κ1) is 39.9. The highest BCUT2D eigenvalue weighted by atomic mass is 16.6. The highest BCUT2D eigenvalue weighted by molar-refractivity contribution is 5.94. The zero-order valence-corrected chi connectivity index (χ0v) is 30.2. The fourth-order valence-electron chi connectivity index (χ4n) is 5.14. The lowest BCUT2D eigenvalue weighted by Crippen LogP contribution is -2.55. The molecule has 0 aromatic heterocycles. The molecule has 0 fully saturated rings. The average Bonchev–Trinajstić information content (AvgIpc) is 2.98. The maximum Gasteiger partial charge on any atom is 0.408 e. The Kier molecular flexibility index (Phi) is 15.2. The van der Waals surface area contributed by atoms with Crippen molar-refractivity contribution in [3.8, 4) is 12.3 Å². The molecule has 3 atom stereocenters. The molecular weight excluding hydrogens is 606 g/mol. The van der Waals surface area contributed by atoms with Crippen molar-refractivity contribution in [1.82, 2.24) is 15.5 Å². The van der Waals surface area contributed by atoms with Crippen LogP contribution in [0.1, 0.15) is 111 Å². The summed E-state index contributed by atoms with van der Waals surface area (Å²) in [6.07, 6.45) is 7.74. The van der Waals surface area contributed by atoms with Gasteiger partial charge in [0.1, 0.15) is 29.3 Å². The largest absolute Gasteiger partial charge is 0.458 e. The monoisotopic (exact) mass is 661 g/mol. The van der Waals surface area contributed by atoms with Crippen LogP contribution in [0, 0.1) is 18.3 Å². The highest BCUT2D eigenvalue weighted by Crippen LogP contribution is 2.26. The number of hydrogen-bond donors (Lipinski definition) is 2. The fraction of sp³-hybridized carbons (Fsp3) is 0.538. The third-order valence-corrected chi connectivity index (χ3v) is 7.23. The van der Waals surface area contributed by atoms with Gasteiger partial charge in [0, 0.05) is 18.5 Å². The van der Waals surface area contributed by atoms with Crippen molar-refractivity contribution < 1.29 is 28.7 Å². The first-order chi connectivity index (χ1) is 22.4. The minimum absolute atomic E-state index is 0.0380. The Morgan fingerprint density at radius 2 is 1.44 bits per heavy atom. The van der Waals surface area contributed by atoms with Gasteiger partial charge in [0.15, 0.2) is 0 Å². The topological polar surface area (TPSA) is 114 Å². The van der Waals surface area contributed by atoms with Gasteiger partial charge in [0.25, 0.3) is 0 Å². The van der Waals surface area contributed by atoms with E-state index >= 15 is 0 Å². The molecule has 2 rings (SSSR count). The third-order valence-electron chi connectivity index (χ3n) is 7.23. The molecule has 0 saturated heterocycles. The van der Waals surface area contributed by atoms with Gasteiger partial charge in [-0.25, -0.2) is 9.59 Å². The zero-order chi connectivity index (χ0) is 36.1. The normalized spacial score (nSPS) is 13.4. The van der Waals surface area contributed by atoms with Gasteiger partial charge in [-0.3, -0.25) is 9.59 Å². The van der Waals surface area contributed by atoms with Gasteiger partial charge in [-0.05, 0) is 83.6 Å². The Balaban J connectivity index is 2.65. The number of benzene rings is 2. The molecule has 0 aliphatic rings. The van der Waals surface area contributed by atoms with Gasteiger partial charge >= 0.3 is 12.1 Å². The van der Waals surface area contributed by atoms with E-state index in [9.17, 15) is 19.2 Å². The van der Waals surface area contributed by atoms with Crippen LogP contribution in [0.4, 0.5) is 4.79 Å². The minimum atomic E-state index is -1.14. The van der Waals surface area contributed by atoms with Crippen LogP contribution in [0.15, 0.2) is 54.6 Å². The Morgan fingerprint density at radius 1 is 0.833 bits per heavy atom. The van der Waals surface area contributed by atoms with Crippen LogP contribution < -0.4 is 10.6 Å². The summed E-state index contributed by atoms with van der Waals surface area (Å²) >= 11 is 0. The molecule has 0 radical (unpaired) electrons. The fourth-order valence-corrected chi connectivity index (χ4v) is 5.14. The van der Waals surface area contributed by atoms with E-state index in [1.165, 1.54) is 4.90 Å². The first-order valence-corrected chi connectivity index (χ1v) is 16.9. The van der Waals surface area contributed by atoms with Gasteiger partial charge in [-0.1, -0.05) is 82.0 Å². The maximum absolute atomic E-state index is 14.6. The number of amides is 3. The maximum atomic E-state index is 14.6. The smallest absolute Gasteiger partial charge is 0.408 e. The van der Waals surface area contributed by atoms with E-state index < -0.39 is 53.2 Å². The van der Waals surface area contributed by atoms with E-state index in [0.29, 0.717) is 24.0 Å². The molecule has 3 unspecified atom stereocenters. The summed E-state index contributed by atoms with van der Waals surface area (Å²) in [5, 5.41) is 5.70. The molecule has 0 aliphatic heterocycles. The molecule has 0 saturated carbocycles. The standard InChI is InChI=1S/C39H55N3O6/c1-11-13-17-24-42(35(44)31(25-27(3)4)41-37(46)48-39(8,9)10)33(30-22-20-28(12-2)21-23-30)34(43)40-32(36(45)47-38(5,6)7)26-29-18-15-14-16-19-29/h2,14-16,18-23,27,31-33H,11,13,17,24-26H2,1,3-10H3,(H,40,43)(H,41,46). The molecule has 2 aromatic carbocycles. The molecule has 2 N–H and O–H groups in total. The Hall–Kier alpha value is -4.32. The van der Waals surface area contributed by atoms with E-state index in [0.717, 1.165) is 18.4 Å². The summed E-state index contributed by atoms with van der Waals surface area (Å²) < 4.78 is 11.2. The zero-order valence-electron chi connectivity index (χ0n) is 30.2. The van der Waals surface area contributed by atoms with Crippen molar-refractivity contribution in [1.29, 1.82) is 0 Å². The van der Waals surface area contributed by atoms with E-state index in [2.05, 4.69) is 23.5 Å². The van der Waals surface area contributed by atoms with E-state index in [4.69, 9.17) is 15.9 Å². The number of carbonyl (C=O) groups excluding carboxylic acids is 4. The number of carbonyl (C=O) groups is 4. The van der Waals surface area contributed by atoms with Crippen LogP contribution >= 0.6 is 0 Å². The van der Waals surface area contributed by atoms with Crippen LogP contribution in [0.2, 0.25) is 0 Å². The van der Waals surface area contributed by atoms with Crippen molar-refractivity contribution in [2.75, 3.05) is 6.54 Å². The molecule has 0 aliphatic carbocycles. The van der Waals surface area contributed by atoms with Gasteiger partial charge in [0.05, 0.1) is 0 Å². The number of esters is 1. The number of alkyl carbamates (subject to hydrolysis) is 1. The van der Waals surface area contributed by atoms with Crippen molar-refractivity contribution >= 4 is 23.9 Å². The SMILES string of the molecule is C#Cc1ccc(C(C(=O)NC(Cc2ccccc2)C(=O)OC(C)(C)C)N(CCCCC)C(=O)C(CC(C)C)NC(=O)OC(C)(C)C)cc1. The van der Waals surface area contributed by atoms with E-state index in [-0.39, 0.29) is 18.9 Å². The van der Waals surface area contributed by atoms with E-state index in [1.54, 1.807) is 65.8 Å². The van der Waals surface area contributed by atoms with Crippen molar-refractivity contribution in [3.63, 3.8) is 0 Å². The summed E-state index contributed by atoms with van der Waals surface area (Å²) in [6.45, 7) is 16.7. The number of rotatable bonds is 15. The van der Waals surface area contributed by atoms with Gasteiger partial charge in [-0.15, -0.1) is 6.42 Å². The van der Waals surface area contributed by atoms with Gasteiger partial charge < -0.3 is 25.0 Å². The summed E-state index contributed by atoms with van der Waals surface area (Å²) in [5.41, 5.74) is 0.396. The van der Waals surface area contributed by atoms with Crippen LogP contribution in [0.25, 0.3) is 0 Å². The van der Waals surface area contributed by atoms with Crippen LogP contribution in [0.3, 0.4) is 0 Å². The molecular formula is C39H55N3O6. The minimum Gasteiger partial charge on any atom is -0.458 e. The highest BCUT2D eigenvalue weighted by Gasteiger charge is 2.38. The summed E-state index contributed by atoms with van der Waals surface area (Å²) in [7, 11) is 0. The lowest BCUT2D eigenvalue weighted by atomic mass is 9.97. The lowest BCUT2D eigenvalue weighted by Gasteiger charge is -2.36. The predicted molar refractivity (Wildman–Crippen MR) is 189 cm³/mol. The van der Waals surface area contributed by atoms with Gasteiger partial charge in [0.2, 0.25) is 11.8 Å². The van der Waals surface area contributed by atoms with Crippen LogP contribution in [-0.2, 0) is 30.3 Å². The molecule has 9 nitrogen and oxygen atoms in total. The predicted octanol–water partition coefficient (Wildman–Crippen LogP) is 6.74. The Morgan fingerprint density at radius 3 is 1.96 bits per heavy atom. The molecule has 0 spiro atoms. The molecule has 2 aromatic rings. The van der Waals surface area contributed by atoms with E-state index in [1.807, 2.05) is 44.2 Å². The molecule has 0 bridgehead atoms. The second kappa shape index (κ2) is 18.3. The number of hydrogen-bond acceptors (Lipinski definition) is 6. The summed E-state index contributed by atoms with van der Waals surface area (Å²) in [4.78, 5) is 57.1. The van der Waals surface area contributed by atoms with Crippen molar-refractivity contribution in [2.24, 2.45) is 5.92 Å². The number of ether oxygens (including phenoxy) is 2. The second-order valence-corrected chi connectivity index (χ2v) is 14.5. The number of unbranched alkanes of at least 4 members (excludes halogenated alkanes) is 2. The van der Waals surface area contributed by atoms with Gasteiger partial charge in [-0.2, -0.15) is 0 Å². The lowest BCUT2D eigenvalue weighted by molar-refractivity contribution is -0.159. The van der Waals surface area contributed by atoms with Crippen molar-refractivity contribution in [2.45, 2.75) is 124 Å². The average molecular weight is 662 g/mol. The second-order valence-electron chi connectivity index (χ2n) is 14.5. The Bertz CT molecular complexity index is 1380. The molecule has 9 heteroatoms. The summed E-state index contributed by atoms with van der Waals surface area (Å²) in [6, 6.07) is 13.1. The molecule has 3 amide bonds. The summed E-state index contributed by atoms with van der Waals surface area (Å²) in [5.74, 6) is 1.06. The van der Waals surface area contributed by atoms with Crippen molar-refractivity contribution in [3.05, 3.63) is 71.3 Å². The first-order valence-electron chi connectivity index (χ1n) is 16.9. The molecule has 48 heavy (non-hydrogen) atoms. The quantitative estimate of drug-likeness (QED) is 0.124. The Labute approximate surface area is 287 Å². The molecule has 262 valence electrons. The van der Waals surface area contributed by atoms with Crippen LogP contribution in [-0.4, -0.2) is 58.6 Å². The number of terminal acetylenes is 1. The molecule has 0 heterocycles. The third kappa shape index (κ3) is 13.8. The number of nitrogens with one attached hydrogen (secondary N) is 2. The number of nitrogens with zero attached hydrogens (tertiary/aromatic N) is 1.